The number of fused-ring (bicyclic) bond motifs is 3. The number of hydrogen-bond donors (Lipinski definition) is 1. The predicted octanol–water partition coefficient (Wildman–Crippen LogP) is 3.75. The van der Waals surface area contributed by atoms with E-state index in [1.807, 2.05) is 18.2 Å². The number of piperazine rings is 1. The molecule has 5 heterocycles. The minimum atomic E-state index is -3.24. The summed E-state index contributed by atoms with van der Waals surface area (Å²) in [6.07, 6.45) is 4.50. The number of carboxylic acids is 1. The lowest BCUT2D eigenvalue weighted by Crippen LogP contribution is -2.53. The number of aromatic carboxylic acids is 1. The number of nitrogens with zero attached hydrogens (tertiary/aromatic N) is 5. The first-order chi connectivity index (χ1) is 21.2. The Hall–Kier alpha value is -4.00. The van der Waals surface area contributed by atoms with Crippen LogP contribution in [0.25, 0.3) is 11.0 Å². The lowest BCUT2D eigenvalue weighted by molar-refractivity contribution is -0.0592. The van der Waals surface area contributed by atoms with Gasteiger partial charge in [0.05, 0.1) is 40.7 Å². The molecule has 3 aliphatic rings. The largest absolute Gasteiger partial charge is 0.478 e. The average molecular weight is 618 g/mol. The molecule has 2 aromatic heterocycles. The van der Waals surface area contributed by atoms with Gasteiger partial charge in [-0.15, -0.1) is 0 Å². The van der Waals surface area contributed by atoms with E-state index in [2.05, 4.69) is 14.4 Å². The number of benzene rings is 2. The maximum atomic E-state index is 11.7. The zero-order valence-electron chi connectivity index (χ0n) is 24.5. The van der Waals surface area contributed by atoms with Gasteiger partial charge in [0.15, 0.2) is 9.84 Å². The highest BCUT2D eigenvalue weighted by Gasteiger charge is 2.41. The molecule has 230 valence electrons. The van der Waals surface area contributed by atoms with Crippen LogP contribution >= 0.6 is 0 Å². The monoisotopic (exact) mass is 617 g/mol. The maximum Gasteiger partial charge on any atom is 0.335 e. The highest BCUT2D eigenvalue weighted by atomic mass is 32.2. The van der Waals surface area contributed by atoms with Crippen molar-refractivity contribution in [2.24, 2.45) is 0 Å². The lowest BCUT2D eigenvalue weighted by atomic mass is 10.1. The summed E-state index contributed by atoms with van der Waals surface area (Å²) in [7, 11) is -3.24. The lowest BCUT2D eigenvalue weighted by Gasteiger charge is -2.41. The third-order valence-electron chi connectivity index (χ3n) is 8.98. The number of carbonyl (C=O) groups is 1. The Balaban J connectivity index is 1.05. The summed E-state index contributed by atoms with van der Waals surface area (Å²) >= 11 is 0. The van der Waals surface area contributed by atoms with Crippen molar-refractivity contribution in [3.05, 3.63) is 77.6 Å². The van der Waals surface area contributed by atoms with E-state index in [0.29, 0.717) is 37.7 Å². The van der Waals surface area contributed by atoms with Gasteiger partial charge in [0.2, 0.25) is 5.88 Å². The summed E-state index contributed by atoms with van der Waals surface area (Å²) < 4.78 is 37.3. The zero-order valence-corrected chi connectivity index (χ0v) is 25.3. The molecule has 3 aliphatic heterocycles. The summed E-state index contributed by atoms with van der Waals surface area (Å²) in [5, 5.41) is 9.57. The summed E-state index contributed by atoms with van der Waals surface area (Å²) in [5.41, 5.74) is 2.78. The first-order valence-corrected chi connectivity index (χ1v) is 16.8. The standard InChI is InChI=1S/C32H35N5O6S/c1-44(40,41)26-10-5-21(6-11-26)20-43-31-4-2-3-29(34-31)35-16-23-8-9-24(17-35)36(23)19-30-33-27-12-7-22(32(38)39)15-28(27)37(30)18-25-13-14-42-25/h2-7,10-12,15,23-25H,8-9,13-14,16-20H2,1H3,(H,38,39)/t23?,24?,25-/m0/s1. The number of pyridine rings is 1. The molecule has 2 aromatic carbocycles. The topological polar surface area (TPSA) is 127 Å². The molecule has 2 unspecified atom stereocenters. The molecule has 0 radical (unpaired) electrons. The third-order valence-corrected chi connectivity index (χ3v) is 10.1. The average Bonchev–Trinajstić information content (AvgIpc) is 3.43. The Morgan fingerprint density at radius 3 is 2.43 bits per heavy atom. The van der Waals surface area contributed by atoms with Crippen LogP contribution in [0.15, 0.2) is 65.6 Å². The van der Waals surface area contributed by atoms with Crippen LogP contribution in [0.4, 0.5) is 5.82 Å². The van der Waals surface area contributed by atoms with Crippen LogP contribution < -0.4 is 9.64 Å². The van der Waals surface area contributed by atoms with E-state index in [4.69, 9.17) is 19.4 Å². The second-order valence-corrected chi connectivity index (χ2v) is 13.9. The summed E-state index contributed by atoms with van der Waals surface area (Å²) in [6.45, 7) is 4.10. The van der Waals surface area contributed by atoms with Gasteiger partial charge in [0, 0.05) is 44.1 Å². The van der Waals surface area contributed by atoms with Crippen molar-refractivity contribution >= 4 is 32.7 Å². The minimum Gasteiger partial charge on any atom is -0.478 e. The Bertz CT molecular complexity index is 1790. The third kappa shape index (κ3) is 5.76. The molecular weight excluding hydrogens is 582 g/mol. The minimum absolute atomic E-state index is 0.126. The van der Waals surface area contributed by atoms with Crippen molar-refractivity contribution in [1.82, 2.24) is 19.4 Å². The number of imidazole rings is 1. The molecule has 44 heavy (non-hydrogen) atoms. The summed E-state index contributed by atoms with van der Waals surface area (Å²) in [6, 6.07) is 18.4. The molecule has 4 aromatic rings. The van der Waals surface area contributed by atoms with Gasteiger partial charge in [-0.2, -0.15) is 4.98 Å². The van der Waals surface area contributed by atoms with Crippen LogP contribution in [-0.2, 0) is 34.3 Å². The van der Waals surface area contributed by atoms with Gasteiger partial charge in [-0.3, -0.25) is 4.90 Å². The van der Waals surface area contributed by atoms with Gasteiger partial charge < -0.3 is 24.0 Å². The van der Waals surface area contributed by atoms with Gasteiger partial charge in [0.25, 0.3) is 0 Å². The van der Waals surface area contributed by atoms with Crippen LogP contribution in [0, 0.1) is 0 Å². The Kier molecular flexibility index (Phi) is 7.51. The number of aromatic nitrogens is 3. The van der Waals surface area contributed by atoms with E-state index < -0.39 is 15.8 Å². The Morgan fingerprint density at radius 1 is 1.02 bits per heavy atom. The Morgan fingerprint density at radius 2 is 1.77 bits per heavy atom. The fraction of sp³-hybridized carbons (Fsp3) is 0.406. The van der Waals surface area contributed by atoms with Gasteiger partial charge >= 0.3 is 5.97 Å². The van der Waals surface area contributed by atoms with E-state index in [9.17, 15) is 18.3 Å². The molecule has 7 rings (SSSR count). The number of hydrogen-bond acceptors (Lipinski definition) is 9. The van der Waals surface area contributed by atoms with Crippen LogP contribution in [-0.4, -0.2) is 83.1 Å². The summed E-state index contributed by atoms with van der Waals surface area (Å²) in [5.74, 6) is 1.40. The molecule has 12 heteroatoms. The smallest absolute Gasteiger partial charge is 0.335 e. The van der Waals surface area contributed by atoms with Gasteiger partial charge in [0.1, 0.15) is 18.2 Å². The van der Waals surface area contributed by atoms with Gasteiger partial charge in [-0.1, -0.05) is 18.2 Å². The number of anilines is 1. The molecular formula is C32H35N5O6S. The van der Waals surface area contributed by atoms with Crippen molar-refractivity contribution in [3.63, 3.8) is 0 Å². The van der Waals surface area contributed by atoms with Crippen LogP contribution in [0.3, 0.4) is 0 Å². The van der Waals surface area contributed by atoms with Crippen molar-refractivity contribution in [2.45, 2.75) is 62.0 Å². The van der Waals surface area contributed by atoms with E-state index in [0.717, 1.165) is 67.2 Å². The fourth-order valence-corrected chi connectivity index (χ4v) is 7.14. The normalized spacial score (nSPS) is 21.8. The molecule has 1 N–H and O–H groups in total. The van der Waals surface area contributed by atoms with Crippen molar-refractivity contribution in [2.75, 3.05) is 30.9 Å². The predicted molar refractivity (Wildman–Crippen MR) is 164 cm³/mol. The second kappa shape index (κ2) is 11.5. The molecule has 3 fully saturated rings. The molecule has 11 nitrogen and oxygen atoms in total. The molecule has 0 amide bonds. The first kappa shape index (κ1) is 28.8. The van der Waals surface area contributed by atoms with Crippen molar-refractivity contribution in [1.29, 1.82) is 0 Å². The van der Waals surface area contributed by atoms with Crippen LogP contribution in [0.2, 0.25) is 0 Å². The molecule has 3 saturated heterocycles. The Labute approximate surface area is 256 Å². The van der Waals surface area contributed by atoms with E-state index in [1.165, 1.54) is 6.26 Å². The van der Waals surface area contributed by atoms with Gasteiger partial charge in [-0.25, -0.2) is 18.2 Å². The van der Waals surface area contributed by atoms with E-state index >= 15 is 0 Å². The molecule has 2 bridgehead atoms. The number of ether oxygens (including phenoxy) is 2. The zero-order chi connectivity index (χ0) is 30.4. The fourth-order valence-electron chi connectivity index (χ4n) is 6.51. The quantitative estimate of drug-likeness (QED) is 0.281. The number of rotatable bonds is 10. The second-order valence-electron chi connectivity index (χ2n) is 11.9. The number of sulfone groups is 1. The molecule has 3 atom stereocenters. The van der Waals surface area contributed by atoms with E-state index in [-0.39, 0.29) is 16.6 Å². The van der Waals surface area contributed by atoms with Gasteiger partial charge in [-0.05, 0) is 61.2 Å². The number of carboxylic acid groups (broad SMARTS) is 1. The maximum absolute atomic E-state index is 11.7. The highest BCUT2D eigenvalue weighted by molar-refractivity contribution is 7.90. The van der Waals surface area contributed by atoms with Crippen molar-refractivity contribution < 1.29 is 27.8 Å². The molecule has 0 saturated carbocycles. The summed E-state index contributed by atoms with van der Waals surface area (Å²) in [4.78, 5) is 26.6. The highest BCUT2D eigenvalue weighted by Crippen LogP contribution is 2.34. The van der Waals surface area contributed by atoms with E-state index in [1.54, 1.807) is 42.5 Å². The van der Waals surface area contributed by atoms with Crippen molar-refractivity contribution in [3.8, 4) is 5.88 Å². The SMILES string of the molecule is CS(=O)(=O)c1ccc(COc2cccc(N3CC4CCC(C3)N4Cc3nc4ccc(C(=O)O)cc4n3C[C@@H]3CCO3)n2)cc1. The first-order valence-electron chi connectivity index (χ1n) is 14.9. The molecule has 0 aliphatic carbocycles. The molecule has 0 spiro atoms. The van der Waals surface area contributed by atoms with Crippen LogP contribution in [0.5, 0.6) is 5.88 Å². The van der Waals surface area contributed by atoms with Crippen LogP contribution in [0.1, 0.15) is 41.0 Å².